The SMILES string of the molecule is N#CC1=C(N)Oc2cc(OC(=O)c3ccc(Br)cc3)ccc2C1c1ccc(F)cc1F. The van der Waals surface area contributed by atoms with E-state index in [0.29, 0.717) is 11.1 Å². The quantitative estimate of drug-likeness (QED) is 0.411. The number of carbonyl (C=O) groups is 1. The maximum absolute atomic E-state index is 14.5. The number of esters is 1. The predicted molar refractivity (Wildman–Crippen MR) is 111 cm³/mol. The zero-order valence-electron chi connectivity index (χ0n) is 15.7. The van der Waals surface area contributed by atoms with Gasteiger partial charge in [0.2, 0.25) is 5.88 Å². The molecule has 0 aromatic heterocycles. The van der Waals surface area contributed by atoms with Crippen molar-refractivity contribution in [2.24, 2.45) is 5.73 Å². The Balaban J connectivity index is 1.71. The molecule has 1 aliphatic rings. The maximum Gasteiger partial charge on any atom is 0.343 e. The van der Waals surface area contributed by atoms with Crippen LogP contribution in [0.25, 0.3) is 0 Å². The van der Waals surface area contributed by atoms with Gasteiger partial charge in [-0.15, -0.1) is 0 Å². The molecule has 0 radical (unpaired) electrons. The fourth-order valence-electron chi connectivity index (χ4n) is 3.31. The van der Waals surface area contributed by atoms with Crippen molar-refractivity contribution in [2.45, 2.75) is 5.92 Å². The minimum atomic E-state index is -0.898. The first-order valence-corrected chi connectivity index (χ1v) is 9.81. The molecule has 154 valence electrons. The number of nitrogens with two attached hydrogens (primary N) is 1. The van der Waals surface area contributed by atoms with Gasteiger partial charge in [0, 0.05) is 27.7 Å². The molecular formula is C23H13BrF2N2O3. The van der Waals surface area contributed by atoms with E-state index in [1.807, 2.05) is 6.07 Å². The summed E-state index contributed by atoms with van der Waals surface area (Å²) < 4.78 is 39.6. The number of nitrogens with zero attached hydrogens (tertiary/aromatic N) is 1. The molecule has 0 saturated carbocycles. The summed E-state index contributed by atoms with van der Waals surface area (Å²) in [5.41, 5.74) is 6.74. The van der Waals surface area contributed by atoms with Crippen LogP contribution in [0.5, 0.6) is 11.5 Å². The van der Waals surface area contributed by atoms with Crippen LogP contribution in [0.3, 0.4) is 0 Å². The topological polar surface area (TPSA) is 85.3 Å². The highest BCUT2D eigenvalue weighted by atomic mass is 79.9. The van der Waals surface area contributed by atoms with Gasteiger partial charge in [-0.2, -0.15) is 5.26 Å². The fraction of sp³-hybridized carbons (Fsp3) is 0.0435. The van der Waals surface area contributed by atoms with Crippen LogP contribution < -0.4 is 15.2 Å². The van der Waals surface area contributed by atoms with Gasteiger partial charge < -0.3 is 15.2 Å². The van der Waals surface area contributed by atoms with Crippen molar-refractivity contribution in [3.63, 3.8) is 0 Å². The Morgan fingerprint density at radius 3 is 2.45 bits per heavy atom. The first-order chi connectivity index (χ1) is 14.9. The van der Waals surface area contributed by atoms with Crippen LogP contribution in [0, 0.1) is 23.0 Å². The number of hydrogen-bond acceptors (Lipinski definition) is 5. The molecule has 1 aliphatic heterocycles. The zero-order chi connectivity index (χ0) is 22.1. The molecule has 4 rings (SSSR count). The molecule has 0 amide bonds. The highest BCUT2D eigenvalue weighted by molar-refractivity contribution is 9.10. The Kier molecular flexibility index (Phi) is 5.44. The third-order valence-electron chi connectivity index (χ3n) is 4.75. The number of fused-ring (bicyclic) bond motifs is 1. The zero-order valence-corrected chi connectivity index (χ0v) is 17.3. The standard InChI is InChI=1S/C23H13BrF2N2O3/c24-13-3-1-12(2-4-13)23(29)30-15-6-8-17-20(10-15)31-22(28)18(11-27)21(17)16-7-5-14(25)9-19(16)26/h1-10,21H,28H2. The van der Waals surface area contributed by atoms with Crippen molar-refractivity contribution in [2.75, 3.05) is 0 Å². The summed E-state index contributed by atoms with van der Waals surface area (Å²) in [6.45, 7) is 0. The van der Waals surface area contributed by atoms with E-state index in [1.54, 1.807) is 30.3 Å². The van der Waals surface area contributed by atoms with E-state index in [9.17, 15) is 18.8 Å². The van der Waals surface area contributed by atoms with Crippen molar-refractivity contribution >= 4 is 21.9 Å². The van der Waals surface area contributed by atoms with E-state index in [1.165, 1.54) is 18.2 Å². The van der Waals surface area contributed by atoms with Crippen molar-refractivity contribution in [1.82, 2.24) is 0 Å². The first kappa shape index (κ1) is 20.6. The second-order valence-electron chi connectivity index (χ2n) is 6.69. The van der Waals surface area contributed by atoms with E-state index in [0.717, 1.165) is 16.6 Å². The number of benzene rings is 3. The van der Waals surface area contributed by atoms with E-state index >= 15 is 0 Å². The van der Waals surface area contributed by atoms with Crippen molar-refractivity contribution in [3.05, 3.63) is 105 Å². The van der Waals surface area contributed by atoms with E-state index in [4.69, 9.17) is 15.2 Å². The van der Waals surface area contributed by atoms with Crippen LogP contribution in [0.2, 0.25) is 0 Å². The number of hydrogen-bond donors (Lipinski definition) is 1. The number of nitriles is 1. The second kappa shape index (κ2) is 8.20. The Morgan fingerprint density at radius 2 is 1.77 bits per heavy atom. The summed E-state index contributed by atoms with van der Waals surface area (Å²) in [7, 11) is 0. The molecule has 0 bridgehead atoms. The second-order valence-corrected chi connectivity index (χ2v) is 7.60. The van der Waals surface area contributed by atoms with Crippen LogP contribution in [0.1, 0.15) is 27.4 Å². The highest BCUT2D eigenvalue weighted by Crippen LogP contribution is 2.44. The molecule has 8 heteroatoms. The lowest BCUT2D eigenvalue weighted by molar-refractivity contribution is 0.0734. The summed E-state index contributed by atoms with van der Waals surface area (Å²) in [6.07, 6.45) is 0. The molecule has 1 unspecified atom stereocenters. The fourth-order valence-corrected chi connectivity index (χ4v) is 3.57. The molecule has 0 aliphatic carbocycles. The number of ether oxygens (including phenoxy) is 2. The van der Waals surface area contributed by atoms with Crippen molar-refractivity contribution in [1.29, 1.82) is 5.26 Å². The van der Waals surface area contributed by atoms with Crippen molar-refractivity contribution in [3.8, 4) is 17.6 Å². The molecular weight excluding hydrogens is 470 g/mol. The van der Waals surface area contributed by atoms with Crippen molar-refractivity contribution < 1.29 is 23.0 Å². The molecule has 3 aromatic rings. The predicted octanol–water partition coefficient (Wildman–Crippen LogP) is 5.16. The number of halogens is 3. The van der Waals surface area contributed by atoms with Gasteiger partial charge in [-0.1, -0.05) is 28.1 Å². The smallest absolute Gasteiger partial charge is 0.343 e. The molecule has 31 heavy (non-hydrogen) atoms. The van der Waals surface area contributed by atoms with Gasteiger partial charge in [0.15, 0.2) is 0 Å². The molecule has 1 atom stereocenters. The molecule has 0 saturated heterocycles. The van der Waals surface area contributed by atoms with E-state index < -0.39 is 23.5 Å². The maximum atomic E-state index is 14.5. The molecule has 0 spiro atoms. The first-order valence-electron chi connectivity index (χ1n) is 9.01. The highest BCUT2D eigenvalue weighted by Gasteiger charge is 2.33. The number of allylic oxidation sites excluding steroid dienone is 1. The third-order valence-corrected chi connectivity index (χ3v) is 5.28. The molecule has 3 aromatic carbocycles. The van der Waals surface area contributed by atoms with Gasteiger partial charge in [0.25, 0.3) is 0 Å². The normalized spacial score (nSPS) is 15.0. The van der Waals surface area contributed by atoms with E-state index in [2.05, 4.69) is 15.9 Å². The summed E-state index contributed by atoms with van der Waals surface area (Å²) in [5, 5.41) is 9.55. The van der Waals surface area contributed by atoms with Gasteiger partial charge in [-0.3, -0.25) is 0 Å². The van der Waals surface area contributed by atoms with Crippen LogP contribution in [-0.4, -0.2) is 5.97 Å². The molecule has 0 fully saturated rings. The van der Waals surface area contributed by atoms with E-state index in [-0.39, 0.29) is 28.5 Å². The van der Waals surface area contributed by atoms with Crippen LogP contribution in [0.4, 0.5) is 8.78 Å². The Bertz CT molecular complexity index is 1270. The summed E-state index contributed by atoms with van der Waals surface area (Å²) >= 11 is 3.30. The lowest BCUT2D eigenvalue weighted by Crippen LogP contribution is -2.22. The number of carbonyl (C=O) groups excluding carboxylic acids is 1. The largest absolute Gasteiger partial charge is 0.440 e. The Hall–Kier alpha value is -3.70. The van der Waals surface area contributed by atoms with Gasteiger partial charge >= 0.3 is 5.97 Å². The average Bonchev–Trinajstić information content (AvgIpc) is 2.73. The summed E-state index contributed by atoms with van der Waals surface area (Å²) in [6, 6.07) is 16.2. The van der Waals surface area contributed by atoms with Crippen LogP contribution >= 0.6 is 15.9 Å². The van der Waals surface area contributed by atoms with Crippen LogP contribution in [-0.2, 0) is 0 Å². The molecule has 1 heterocycles. The monoisotopic (exact) mass is 482 g/mol. The lowest BCUT2D eigenvalue weighted by atomic mass is 9.83. The molecule has 5 nitrogen and oxygen atoms in total. The Labute approximate surface area is 184 Å². The van der Waals surface area contributed by atoms with Gasteiger partial charge in [0.05, 0.1) is 11.5 Å². The average molecular weight is 483 g/mol. The van der Waals surface area contributed by atoms with Crippen LogP contribution in [0.15, 0.2) is 76.6 Å². The summed E-state index contributed by atoms with van der Waals surface area (Å²) in [5.74, 6) is -2.86. The number of rotatable bonds is 3. The summed E-state index contributed by atoms with van der Waals surface area (Å²) in [4.78, 5) is 12.4. The third kappa shape index (κ3) is 4.00. The molecule has 2 N–H and O–H groups in total. The van der Waals surface area contributed by atoms with Gasteiger partial charge in [0.1, 0.15) is 34.8 Å². The van der Waals surface area contributed by atoms with Gasteiger partial charge in [-0.05, 0) is 36.4 Å². The van der Waals surface area contributed by atoms with Gasteiger partial charge in [-0.25, -0.2) is 13.6 Å². The Morgan fingerprint density at radius 1 is 1.06 bits per heavy atom. The minimum Gasteiger partial charge on any atom is -0.440 e. The lowest BCUT2D eigenvalue weighted by Gasteiger charge is -2.27. The minimum absolute atomic E-state index is 0.00221.